The summed E-state index contributed by atoms with van der Waals surface area (Å²) in [5.74, 6) is 0.692. The van der Waals surface area contributed by atoms with Crippen molar-refractivity contribution < 1.29 is 19.8 Å². The predicted molar refractivity (Wildman–Crippen MR) is 97.0 cm³/mol. The third-order valence-electron chi connectivity index (χ3n) is 3.98. The van der Waals surface area contributed by atoms with Crippen molar-refractivity contribution in [1.82, 2.24) is 5.06 Å². The first-order valence-electron chi connectivity index (χ1n) is 8.46. The fraction of sp³-hybridized carbons (Fsp3) is 0.556. The highest BCUT2D eigenvalue weighted by molar-refractivity contribution is 6.76. The van der Waals surface area contributed by atoms with Crippen LogP contribution in [0.2, 0.25) is 25.7 Å². The number of hydrogen-bond acceptors (Lipinski definition) is 5. The van der Waals surface area contributed by atoms with Crippen LogP contribution in [0.25, 0.3) is 0 Å². The van der Waals surface area contributed by atoms with Gasteiger partial charge < -0.3 is 14.9 Å². The zero-order valence-electron chi connectivity index (χ0n) is 14.8. The minimum atomic E-state index is -1.19. The van der Waals surface area contributed by atoms with E-state index in [-0.39, 0.29) is 6.61 Å². The number of hydrogen-bond donors (Lipinski definition) is 2. The lowest BCUT2D eigenvalue weighted by atomic mass is 10.1. The summed E-state index contributed by atoms with van der Waals surface area (Å²) < 4.78 is 5.97. The molecule has 6 heteroatoms. The van der Waals surface area contributed by atoms with Crippen LogP contribution in [0, 0.1) is 0 Å². The van der Waals surface area contributed by atoms with E-state index in [1.807, 2.05) is 36.4 Å². The van der Waals surface area contributed by atoms with Gasteiger partial charge in [-0.2, -0.15) is 5.06 Å². The lowest BCUT2D eigenvalue weighted by Gasteiger charge is -2.37. The van der Waals surface area contributed by atoms with Gasteiger partial charge in [0, 0.05) is 8.07 Å². The van der Waals surface area contributed by atoms with Crippen molar-refractivity contribution in [2.24, 2.45) is 0 Å². The average Bonchev–Trinajstić information content (AvgIpc) is 2.54. The van der Waals surface area contributed by atoms with Gasteiger partial charge in [-0.3, -0.25) is 4.84 Å². The van der Waals surface area contributed by atoms with Crippen LogP contribution in [0.15, 0.2) is 42.2 Å². The Bertz CT molecular complexity index is 530. The molecule has 0 spiro atoms. The van der Waals surface area contributed by atoms with Gasteiger partial charge in [-0.1, -0.05) is 50.0 Å². The van der Waals surface area contributed by atoms with E-state index < -0.39 is 20.2 Å². The number of aliphatic hydroxyl groups excluding tert-OH is 2. The van der Waals surface area contributed by atoms with Crippen LogP contribution in [-0.4, -0.2) is 55.3 Å². The predicted octanol–water partition coefficient (Wildman–Crippen LogP) is 2.39. The normalized spacial score (nSPS) is 20.5. The molecule has 5 nitrogen and oxygen atoms in total. The SMILES string of the molecule is C[Si](C)(C)CCOC1=CCON(Cc2ccccc2)[C@H]1[C@H](O)CO. The van der Waals surface area contributed by atoms with Crippen molar-refractivity contribution in [2.75, 3.05) is 19.8 Å². The molecule has 1 aromatic carbocycles. The number of hydroxylamine groups is 2. The summed E-state index contributed by atoms with van der Waals surface area (Å²) in [4.78, 5) is 5.71. The molecule has 1 heterocycles. The fourth-order valence-corrected chi connectivity index (χ4v) is 3.28. The van der Waals surface area contributed by atoms with Gasteiger partial charge in [0.1, 0.15) is 17.9 Å². The minimum Gasteiger partial charge on any atom is -0.497 e. The van der Waals surface area contributed by atoms with Gasteiger partial charge in [0.25, 0.3) is 0 Å². The Morgan fingerprint density at radius 3 is 2.62 bits per heavy atom. The summed E-state index contributed by atoms with van der Waals surface area (Å²) in [6.07, 6.45) is 0.905. The molecule has 0 fully saturated rings. The number of rotatable bonds is 8. The van der Waals surface area contributed by atoms with Crippen LogP contribution < -0.4 is 0 Å². The van der Waals surface area contributed by atoms with Gasteiger partial charge in [-0.15, -0.1) is 0 Å². The van der Waals surface area contributed by atoms with Crippen LogP contribution in [0.3, 0.4) is 0 Å². The first-order valence-corrected chi connectivity index (χ1v) is 12.2. The third-order valence-corrected chi connectivity index (χ3v) is 5.68. The topological polar surface area (TPSA) is 62.2 Å². The zero-order chi connectivity index (χ0) is 17.6. The zero-order valence-corrected chi connectivity index (χ0v) is 15.8. The van der Waals surface area contributed by atoms with Gasteiger partial charge in [0.15, 0.2) is 0 Å². The Hall–Kier alpha value is -1.18. The quantitative estimate of drug-likeness (QED) is 0.704. The summed E-state index contributed by atoms with van der Waals surface area (Å²) >= 11 is 0. The molecule has 0 saturated carbocycles. The molecule has 0 radical (unpaired) electrons. The molecule has 1 aromatic rings. The molecule has 0 saturated heterocycles. The first-order chi connectivity index (χ1) is 11.4. The van der Waals surface area contributed by atoms with E-state index in [1.54, 1.807) is 5.06 Å². The largest absolute Gasteiger partial charge is 0.497 e. The molecule has 1 aliphatic rings. The maximum Gasteiger partial charge on any atom is 0.121 e. The monoisotopic (exact) mass is 351 g/mol. The highest BCUT2D eigenvalue weighted by atomic mass is 28.3. The second-order valence-corrected chi connectivity index (χ2v) is 12.9. The van der Waals surface area contributed by atoms with E-state index in [0.29, 0.717) is 25.5 Å². The number of nitrogens with zero attached hydrogens (tertiary/aromatic N) is 1. The van der Waals surface area contributed by atoms with Crippen molar-refractivity contribution in [3.05, 3.63) is 47.7 Å². The highest BCUT2D eigenvalue weighted by Gasteiger charge is 2.34. The van der Waals surface area contributed by atoms with E-state index in [0.717, 1.165) is 11.6 Å². The molecule has 134 valence electrons. The van der Waals surface area contributed by atoms with E-state index in [1.165, 1.54) is 0 Å². The molecule has 2 N–H and O–H groups in total. The van der Waals surface area contributed by atoms with Crippen LogP contribution in [-0.2, 0) is 16.1 Å². The number of benzene rings is 1. The molecular formula is C18H29NO4Si. The molecule has 2 rings (SSSR count). The van der Waals surface area contributed by atoms with Gasteiger partial charge in [0.05, 0.1) is 26.4 Å². The van der Waals surface area contributed by atoms with Crippen LogP contribution in [0.4, 0.5) is 0 Å². The fourth-order valence-electron chi connectivity index (χ4n) is 2.57. The Kier molecular flexibility index (Phi) is 7.00. The lowest BCUT2D eigenvalue weighted by molar-refractivity contribution is -0.216. The summed E-state index contributed by atoms with van der Waals surface area (Å²) in [6.45, 7) is 8.13. The molecule has 24 heavy (non-hydrogen) atoms. The van der Waals surface area contributed by atoms with E-state index in [2.05, 4.69) is 19.6 Å². The lowest BCUT2D eigenvalue weighted by Crippen LogP contribution is -2.49. The standard InChI is InChI=1S/C18H29NO4Si/c1-24(2,3)12-11-22-17-9-10-23-19(18(17)16(21)14-20)13-15-7-5-4-6-8-15/h4-9,16,18,20-21H,10-14H2,1-3H3/t16-,18+/m1/s1. The van der Waals surface area contributed by atoms with E-state index >= 15 is 0 Å². The Morgan fingerprint density at radius 2 is 2.00 bits per heavy atom. The molecule has 2 atom stereocenters. The summed E-state index contributed by atoms with van der Waals surface area (Å²) in [5.41, 5.74) is 1.08. The average molecular weight is 352 g/mol. The van der Waals surface area contributed by atoms with Gasteiger partial charge >= 0.3 is 0 Å². The van der Waals surface area contributed by atoms with Crippen LogP contribution in [0.1, 0.15) is 5.56 Å². The molecular weight excluding hydrogens is 322 g/mol. The number of ether oxygens (including phenoxy) is 1. The summed E-state index contributed by atoms with van der Waals surface area (Å²) in [7, 11) is -1.19. The maximum atomic E-state index is 10.3. The second kappa shape index (κ2) is 8.78. The molecule has 0 bridgehead atoms. The molecule has 0 unspecified atom stereocenters. The first kappa shape index (κ1) is 19.1. The minimum absolute atomic E-state index is 0.339. The number of aliphatic hydroxyl groups is 2. The van der Waals surface area contributed by atoms with Crippen molar-refractivity contribution in [3.63, 3.8) is 0 Å². The third kappa shape index (κ3) is 5.72. The van der Waals surface area contributed by atoms with Crippen LogP contribution in [0.5, 0.6) is 0 Å². The van der Waals surface area contributed by atoms with Gasteiger partial charge in [-0.25, -0.2) is 0 Å². The molecule has 1 aliphatic heterocycles. The summed E-state index contributed by atoms with van der Waals surface area (Å²) in [5, 5.41) is 21.4. The van der Waals surface area contributed by atoms with Crippen LogP contribution >= 0.6 is 0 Å². The Balaban J connectivity index is 2.07. The molecule has 0 aromatic heterocycles. The summed E-state index contributed by atoms with van der Waals surface area (Å²) in [6, 6.07) is 10.5. The van der Waals surface area contributed by atoms with Crippen molar-refractivity contribution in [2.45, 2.75) is 44.4 Å². The molecule has 0 aliphatic carbocycles. The van der Waals surface area contributed by atoms with Crippen molar-refractivity contribution in [1.29, 1.82) is 0 Å². The Morgan fingerprint density at radius 1 is 1.29 bits per heavy atom. The van der Waals surface area contributed by atoms with Crippen molar-refractivity contribution in [3.8, 4) is 0 Å². The van der Waals surface area contributed by atoms with Crippen molar-refractivity contribution >= 4 is 8.07 Å². The smallest absolute Gasteiger partial charge is 0.121 e. The second-order valence-electron chi connectivity index (χ2n) is 7.32. The van der Waals surface area contributed by atoms with Gasteiger partial charge in [0.2, 0.25) is 0 Å². The van der Waals surface area contributed by atoms with E-state index in [4.69, 9.17) is 9.57 Å². The highest BCUT2D eigenvalue weighted by Crippen LogP contribution is 2.24. The van der Waals surface area contributed by atoms with E-state index in [9.17, 15) is 10.2 Å². The molecule has 0 amide bonds. The maximum absolute atomic E-state index is 10.3. The Labute approximate surface area is 145 Å². The van der Waals surface area contributed by atoms with Gasteiger partial charge in [-0.05, 0) is 17.7 Å².